The summed E-state index contributed by atoms with van der Waals surface area (Å²) in [6.07, 6.45) is 0. The topological polar surface area (TPSA) is 3.24 Å². The highest BCUT2D eigenvalue weighted by molar-refractivity contribution is 14.1. The summed E-state index contributed by atoms with van der Waals surface area (Å²) in [7, 11) is 0. The second-order valence-electron chi connectivity index (χ2n) is 7.59. The molecular formula is C28H18IN. The van der Waals surface area contributed by atoms with E-state index >= 15 is 0 Å². The maximum absolute atomic E-state index is 2.36. The molecule has 0 radical (unpaired) electrons. The van der Waals surface area contributed by atoms with E-state index in [4.69, 9.17) is 0 Å². The zero-order valence-electron chi connectivity index (χ0n) is 16.2. The Balaban J connectivity index is 1.71. The fourth-order valence-electron chi connectivity index (χ4n) is 4.51. The van der Waals surface area contributed by atoms with Crippen LogP contribution in [0.5, 0.6) is 0 Å². The molecule has 30 heavy (non-hydrogen) atoms. The smallest absolute Gasteiger partial charge is 0.0540 e. The Morgan fingerprint density at radius 1 is 0.467 bits per heavy atom. The Labute approximate surface area is 189 Å². The number of hydrogen-bond acceptors (Lipinski definition) is 1. The minimum atomic E-state index is 1.16. The third-order valence-corrected chi connectivity index (χ3v) is 6.56. The lowest BCUT2D eigenvalue weighted by Gasteiger charge is -2.27. The number of anilines is 3. The highest BCUT2D eigenvalue weighted by Gasteiger charge is 2.17. The average Bonchev–Trinajstić information content (AvgIpc) is 2.80. The average molecular weight is 495 g/mol. The van der Waals surface area contributed by atoms with E-state index in [1.807, 2.05) is 0 Å². The van der Waals surface area contributed by atoms with Crippen LogP contribution in [-0.2, 0) is 0 Å². The van der Waals surface area contributed by atoms with Crippen LogP contribution in [0.25, 0.3) is 32.3 Å². The molecule has 0 heterocycles. The van der Waals surface area contributed by atoms with Crippen LogP contribution in [-0.4, -0.2) is 0 Å². The molecule has 2 heteroatoms. The van der Waals surface area contributed by atoms with Gasteiger partial charge in [-0.25, -0.2) is 0 Å². The molecule has 0 aliphatic rings. The molecule has 0 aromatic heterocycles. The van der Waals surface area contributed by atoms with Gasteiger partial charge in [-0.05, 0) is 92.0 Å². The van der Waals surface area contributed by atoms with E-state index in [0.29, 0.717) is 0 Å². The Hall–Kier alpha value is -3.11. The van der Waals surface area contributed by atoms with Crippen molar-refractivity contribution in [1.29, 1.82) is 0 Å². The van der Waals surface area contributed by atoms with Crippen LogP contribution in [0.1, 0.15) is 0 Å². The van der Waals surface area contributed by atoms with Crippen LogP contribution >= 0.6 is 22.6 Å². The van der Waals surface area contributed by atoms with E-state index in [1.54, 1.807) is 0 Å². The van der Waals surface area contributed by atoms with Crippen molar-refractivity contribution in [1.82, 2.24) is 0 Å². The van der Waals surface area contributed by atoms with Crippen molar-refractivity contribution in [3.8, 4) is 0 Å². The lowest BCUT2D eigenvalue weighted by atomic mass is 9.93. The summed E-state index contributed by atoms with van der Waals surface area (Å²) in [5, 5.41) is 7.85. The van der Waals surface area contributed by atoms with Crippen LogP contribution in [0.4, 0.5) is 17.1 Å². The molecular weight excluding hydrogens is 477 g/mol. The predicted molar refractivity (Wildman–Crippen MR) is 138 cm³/mol. The molecule has 0 amide bonds. The molecule has 0 saturated carbocycles. The molecule has 0 aliphatic carbocycles. The summed E-state index contributed by atoms with van der Waals surface area (Å²) in [4.78, 5) is 2.36. The molecule has 0 unspecified atom stereocenters. The molecule has 6 rings (SSSR count). The number of rotatable bonds is 3. The molecule has 142 valence electrons. The van der Waals surface area contributed by atoms with Gasteiger partial charge in [0, 0.05) is 20.3 Å². The number of benzene rings is 6. The van der Waals surface area contributed by atoms with E-state index in [0.717, 1.165) is 11.4 Å². The first-order valence-corrected chi connectivity index (χ1v) is 11.1. The first kappa shape index (κ1) is 17.7. The highest BCUT2D eigenvalue weighted by atomic mass is 127. The highest BCUT2D eigenvalue weighted by Crippen LogP contribution is 2.43. The number of nitrogens with zero attached hydrogens (tertiary/aromatic N) is 1. The zero-order chi connectivity index (χ0) is 20.1. The quantitative estimate of drug-likeness (QED) is 0.175. The molecule has 0 atom stereocenters. The second-order valence-corrected chi connectivity index (χ2v) is 8.83. The summed E-state index contributed by atoms with van der Waals surface area (Å²) in [5.41, 5.74) is 3.53. The maximum Gasteiger partial charge on any atom is 0.0540 e. The normalized spacial score (nSPS) is 11.5. The standard InChI is InChI=1S/C28H18IN/c29-22-13-15-24(16-14-22)30(23-7-2-1-3-8-23)26-18-12-21-10-9-19-5-4-6-20-11-17-25(26)28(21)27(19)20/h1-18H. The third-order valence-electron chi connectivity index (χ3n) is 5.85. The first-order chi connectivity index (χ1) is 14.8. The van der Waals surface area contributed by atoms with Crippen molar-refractivity contribution < 1.29 is 0 Å². The van der Waals surface area contributed by atoms with Crippen LogP contribution in [0.15, 0.2) is 109 Å². The van der Waals surface area contributed by atoms with Gasteiger partial charge in [-0.1, -0.05) is 66.7 Å². The SMILES string of the molecule is Ic1ccc(N(c2ccccc2)c2ccc3ccc4cccc5ccc2c3c45)cc1. The van der Waals surface area contributed by atoms with Crippen LogP contribution in [0.3, 0.4) is 0 Å². The van der Waals surface area contributed by atoms with Crippen molar-refractivity contribution in [2.24, 2.45) is 0 Å². The Kier molecular flexibility index (Phi) is 4.13. The van der Waals surface area contributed by atoms with Gasteiger partial charge in [0.1, 0.15) is 0 Å². The Morgan fingerprint density at radius 3 is 1.80 bits per heavy atom. The monoisotopic (exact) mass is 495 g/mol. The third kappa shape index (κ3) is 2.75. The minimum Gasteiger partial charge on any atom is -0.310 e. The van der Waals surface area contributed by atoms with Crippen LogP contribution in [0.2, 0.25) is 0 Å². The molecule has 0 N–H and O–H groups in total. The summed E-state index contributed by atoms with van der Waals surface area (Å²) < 4.78 is 1.24. The molecule has 0 fully saturated rings. The number of hydrogen-bond donors (Lipinski definition) is 0. The fourth-order valence-corrected chi connectivity index (χ4v) is 4.87. The van der Waals surface area contributed by atoms with Crippen LogP contribution < -0.4 is 4.90 Å². The van der Waals surface area contributed by atoms with Crippen molar-refractivity contribution in [3.05, 3.63) is 113 Å². The Morgan fingerprint density at radius 2 is 1.07 bits per heavy atom. The van der Waals surface area contributed by atoms with Gasteiger partial charge < -0.3 is 4.90 Å². The molecule has 6 aromatic rings. The van der Waals surface area contributed by atoms with E-state index in [2.05, 4.69) is 137 Å². The van der Waals surface area contributed by atoms with Gasteiger partial charge in [-0.15, -0.1) is 0 Å². The summed E-state index contributed by atoms with van der Waals surface area (Å²) >= 11 is 2.36. The van der Waals surface area contributed by atoms with E-state index in [1.165, 1.54) is 41.6 Å². The number of halogens is 1. The molecule has 0 spiro atoms. The number of para-hydroxylation sites is 1. The summed E-state index contributed by atoms with van der Waals surface area (Å²) in [6, 6.07) is 39.5. The van der Waals surface area contributed by atoms with Gasteiger partial charge in [-0.2, -0.15) is 0 Å². The van der Waals surface area contributed by atoms with Crippen molar-refractivity contribution in [3.63, 3.8) is 0 Å². The summed E-state index contributed by atoms with van der Waals surface area (Å²) in [5.74, 6) is 0. The zero-order valence-corrected chi connectivity index (χ0v) is 18.4. The van der Waals surface area contributed by atoms with Gasteiger partial charge in [0.05, 0.1) is 5.69 Å². The van der Waals surface area contributed by atoms with Gasteiger partial charge in [0.15, 0.2) is 0 Å². The minimum absolute atomic E-state index is 1.16. The Bertz CT molecular complexity index is 1470. The first-order valence-electron chi connectivity index (χ1n) is 10.1. The van der Waals surface area contributed by atoms with E-state index in [9.17, 15) is 0 Å². The second kappa shape index (κ2) is 6.99. The van der Waals surface area contributed by atoms with Crippen molar-refractivity contribution >= 4 is 72.0 Å². The fraction of sp³-hybridized carbons (Fsp3) is 0. The van der Waals surface area contributed by atoms with Crippen molar-refractivity contribution in [2.45, 2.75) is 0 Å². The van der Waals surface area contributed by atoms with Crippen LogP contribution in [0, 0.1) is 3.57 Å². The lowest BCUT2D eigenvalue weighted by molar-refractivity contribution is 1.30. The molecule has 0 bridgehead atoms. The van der Waals surface area contributed by atoms with Crippen molar-refractivity contribution in [2.75, 3.05) is 4.90 Å². The van der Waals surface area contributed by atoms with E-state index in [-0.39, 0.29) is 0 Å². The molecule has 6 aromatic carbocycles. The molecule has 0 saturated heterocycles. The molecule has 1 nitrogen and oxygen atoms in total. The van der Waals surface area contributed by atoms with Gasteiger partial charge in [0.25, 0.3) is 0 Å². The van der Waals surface area contributed by atoms with Gasteiger partial charge >= 0.3 is 0 Å². The largest absolute Gasteiger partial charge is 0.310 e. The van der Waals surface area contributed by atoms with Gasteiger partial charge in [-0.3, -0.25) is 0 Å². The summed E-state index contributed by atoms with van der Waals surface area (Å²) in [6.45, 7) is 0. The molecule has 0 aliphatic heterocycles. The van der Waals surface area contributed by atoms with E-state index < -0.39 is 0 Å². The maximum atomic E-state index is 2.36. The predicted octanol–water partition coefficient (Wildman–Crippen LogP) is 8.66. The lowest BCUT2D eigenvalue weighted by Crippen LogP contribution is -2.10. The van der Waals surface area contributed by atoms with Gasteiger partial charge in [0.2, 0.25) is 0 Å².